The van der Waals surface area contributed by atoms with Gasteiger partial charge in [0.2, 0.25) is 0 Å². The van der Waals surface area contributed by atoms with Crippen molar-refractivity contribution in [2.45, 2.75) is 91.4 Å². The van der Waals surface area contributed by atoms with E-state index in [4.69, 9.17) is 5.11 Å². The second kappa shape index (κ2) is 7.91. The number of Topliss-reactive ketones (excluding diaryl/α,β-unsaturated/α-hetero) is 2. The largest absolute Gasteiger partial charge is 0.481 e. The summed E-state index contributed by atoms with van der Waals surface area (Å²) < 4.78 is 0. The van der Waals surface area contributed by atoms with Gasteiger partial charge in [-0.2, -0.15) is 0 Å². The maximum Gasteiger partial charge on any atom is 0.306 e. The summed E-state index contributed by atoms with van der Waals surface area (Å²) in [6.45, 7) is 6.53. The highest BCUT2D eigenvalue weighted by Crippen LogP contribution is 2.65. The maximum atomic E-state index is 13.1. The minimum atomic E-state index is -0.722. The summed E-state index contributed by atoms with van der Waals surface area (Å²) in [5, 5.41) is 9.08. The van der Waals surface area contributed by atoms with Crippen LogP contribution < -0.4 is 0 Å². The quantitative estimate of drug-likeness (QED) is 0.454. The lowest BCUT2D eigenvalue weighted by atomic mass is 9.47. The lowest BCUT2D eigenvalue weighted by Crippen LogP contribution is -2.50. The van der Waals surface area contributed by atoms with Crippen molar-refractivity contribution in [2.75, 3.05) is 0 Å². The fourth-order valence-electron chi connectivity index (χ4n) is 7.78. The highest BCUT2D eigenvalue weighted by Gasteiger charge is 2.60. The molecule has 0 aromatic heterocycles. The Morgan fingerprint density at radius 3 is 2.70 bits per heavy atom. The van der Waals surface area contributed by atoms with Gasteiger partial charge < -0.3 is 5.11 Å². The van der Waals surface area contributed by atoms with Crippen LogP contribution in [-0.4, -0.2) is 22.6 Å². The predicted molar refractivity (Wildman–Crippen MR) is 116 cm³/mol. The second-order valence-corrected chi connectivity index (χ2v) is 11.3. The average molecular weight is 415 g/mol. The maximum absolute atomic E-state index is 13.1. The first kappa shape index (κ1) is 21.8. The van der Waals surface area contributed by atoms with Crippen molar-refractivity contribution in [3.05, 3.63) is 11.6 Å². The summed E-state index contributed by atoms with van der Waals surface area (Å²) in [6.07, 6.45) is 12.3. The topological polar surface area (TPSA) is 71.4 Å². The van der Waals surface area contributed by atoms with Gasteiger partial charge >= 0.3 is 5.97 Å². The van der Waals surface area contributed by atoms with Crippen LogP contribution in [0.3, 0.4) is 0 Å². The molecular formula is C26H38O4. The Kier molecular flexibility index (Phi) is 5.74. The van der Waals surface area contributed by atoms with Crippen LogP contribution >= 0.6 is 0 Å². The van der Waals surface area contributed by atoms with Crippen LogP contribution in [0.4, 0.5) is 0 Å². The van der Waals surface area contributed by atoms with Crippen LogP contribution in [0.1, 0.15) is 91.4 Å². The van der Waals surface area contributed by atoms with Crippen molar-refractivity contribution in [1.29, 1.82) is 0 Å². The summed E-state index contributed by atoms with van der Waals surface area (Å²) in [4.78, 5) is 36.2. The van der Waals surface area contributed by atoms with Gasteiger partial charge in [0.1, 0.15) is 11.6 Å². The van der Waals surface area contributed by atoms with Crippen molar-refractivity contribution >= 4 is 17.5 Å². The van der Waals surface area contributed by atoms with Gasteiger partial charge in [-0.15, -0.1) is 0 Å². The van der Waals surface area contributed by atoms with Crippen LogP contribution in [0.5, 0.6) is 0 Å². The van der Waals surface area contributed by atoms with E-state index in [1.807, 2.05) is 0 Å². The number of carboxylic acids is 1. The molecular weight excluding hydrogens is 376 g/mol. The molecule has 3 saturated carbocycles. The summed E-state index contributed by atoms with van der Waals surface area (Å²) in [5.74, 6) is 1.64. The van der Waals surface area contributed by atoms with Crippen molar-refractivity contribution in [3.8, 4) is 0 Å². The van der Waals surface area contributed by atoms with E-state index in [1.165, 1.54) is 12.0 Å². The van der Waals surface area contributed by atoms with E-state index in [0.717, 1.165) is 51.4 Å². The van der Waals surface area contributed by atoms with Gasteiger partial charge in [-0.1, -0.05) is 45.3 Å². The van der Waals surface area contributed by atoms with E-state index in [1.54, 1.807) is 6.92 Å². The number of fused-ring (bicyclic) bond motifs is 5. The summed E-state index contributed by atoms with van der Waals surface area (Å²) in [5.41, 5.74) is 1.65. The van der Waals surface area contributed by atoms with Crippen molar-refractivity contribution < 1.29 is 19.5 Å². The molecule has 0 aromatic carbocycles. The number of unbranched alkanes of at least 4 members (excludes halogenated alkanes) is 1. The van der Waals surface area contributed by atoms with Crippen LogP contribution in [-0.2, 0) is 14.4 Å². The molecule has 0 saturated heterocycles. The monoisotopic (exact) mass is 414 g/mol. The molecule has 30 heavy (non-hydrogen) atoms. The lowest BCUT2D eigenvalue weighted by molar-refractivity contribution is -0.141. The second-order valence-electron chi connectivity index (χ2n) is 11.3. The molecule has 0 radical (unpaired) electrons. The van der Waals surface area contributed by atoms with Gasteiger partial charge in [-0.25, -0.2) is 0 Å². The summed E-state index contributed by atoms with van der Waals surface area (Å²) >= 11 is 0. The third-order valence-electron chi connectivity index (χ3n) is 9.78. The van der Waals surface area contributed by atoms with E-state index >= 15 is 0 Å². The van der Waals surface area contributed by atoms with E-state index < -0.39 is 5.97 Å². The molecule has 0 amide bonds. The first-order chi connectivity index (χ1) is 14.2. The first-order valence-electron chi connectivity index (χ1n) is 12.1. The Hall–Kier alpha value is -1.45. The van der Waals surface area contributed by atoms with E-state index in [0.29, 0.717) is 42.2 Å². The van der Waals surface area contributed by atoms with Gasteiger partial charge in [0.05, 0.1) is 5.92 Å². The Morgan fingerprint density at radius 2 is 1.97 bits per heavy atom. The van der Waals surface area contributed by atoms with E-state index in [9.17, 15) is 14.4 Å². The molecule has 0 heterocycles. The third kappa shape index (κ3) is 3.48. The fraction of sp³-hybridized carbons (Fsp3) is 0.808. The molecule has 4 heteroatoms. The molecule has 1 N–H and O–H groups in total. The standard InChI is InChI=1S/C26H38O4/c1-16(24(29)30)6-4-5-7-21-23(28)15-22-19-9-8-17-14-18(27)10-12-25(17,2)20(19)11-13-26(21,22)3/h8,16,19-22H,4-7,9-15H2,1-3H3,(H,29,30)/t16-,19?,20?,21+,22?,25+,26-/m1/s1. The zero-order valence-corrected chi connectivity index (χ0v) is 18.9. The Morgan fingerprint density at radius 1 is 1.20 bits per heavy atom. The number of carboxylic acid groups (broad SMARTS) is 1. The zero-order chi connectivity index (χ0) is 21.7. The van der Waals surface area contributed by atoms with Crippen LogP contribution in [0.15, 0.2) is 11.6 Å². The molecule has 4 aliphatic rings. The number of aliphatic carboxylic acids is 1. The van der Waals surface area contributed by atoms with Gasteiger partial charge in [-0.05, 0) is 67.1 Å². The van der Waals surface area contributed by atoms with Crippen molar-refractivity contribution in [2.24, 2.45) is 40.4 Å². The molecule has 0 aromatic rings. The molecule has 0 aliphatic heterocycles. The number of hydrogen-bond acceptors (Lipinski definition) is 3. The Labute approximate surface area is 180 Å². The van der Waals surface area contributed by atoms with Gasteiger partial charge in [0.25, 0.3) is 0 Å². The number of ketones is 2. The van der Waals surface area contributed by atoms with Gasteiger partial charge in [0, 0.05) is 25.2 Å². The van der Waals surface area contributed by atoms with Crippen molar-refractivity contribution in [3.63, 3.8) is 0 Å². The van der Waals surface area contributed by atoms with Gasteiger partial charge in [-0.3, -0.25) is 14.4 Å². The molecule has 0 spiro atoms. The molecule has 0 bridgehead atoms. The first-order valence-corrected chi connectivity index (χ1v) is 12.1. The van der Waals surface area contributed by atoms with E-state index in [2.05, 4.69) is 19.9 Å². The molecule has 4 rings (SSSR count). The van der Waals surface area contributed by atoms with Crippen LogP contribution in [0.2, 0.25) is 0 Å². The number of carbonyl (C=O) groups is 3. The highest BCUT2D eigenvalue weighted by atomic mass is 16.4. The molecule has 4 nitrogen and oxygen atoms in total. The Balaban J connectivity index is 1.46. The minimum Gasteiger partial charge on any atom is -0.481 e. The van der Waals surface area contributed by atoms with Crippen molar-refractivity contribution in [1.82, 2.24) is 0 Å². The lowest BCUT2D eigenvalue weighted by Gasteiger charge is -2.57. The van der Waals surface area contributed by atoms with Crippen LogP contribution in [0.25, 0.3) is 0 Å². The number of rotatable bonds is 6. The predicted octanol–water partition coefficient (Wildman–Crippen LogP) is 5.59. The third-order valence-corrected chi connectivity index (χ3v) is 9.78. The van der Waals surface area contributed by atoms with Gasteiger partial charge in [0.15, 0.2) is 0 Å². The molecule has 3 fully saturated rings. The zero-order valence-electron chi connectivity index (χ0n) is 18.9. The number of carbonyl (C=O) groups excluding carboxylic acids is 2. The SMILES string of the molecule is C[C@H](CCCC[C@H]1C(=O)CC2C3CC=C4CC(=O)CC[C@]4(C)C3CC[C@@]21C)C(=O)O. The van der Waals surface area contributed by atoms with Crippen LogP contribution in [0, 0.1) is 40.4 Å². The minimum absolute atomic E-state index is 0.100. The highest BCUT2D eigenvalue weighted by molar-refractivity contribution is 5.85. The smallest absolute Gasteiger partial charge is 0.306 e. The molecule has 166 valence electrons. The summed E-state index contributed by atoms with van der Waals surface area (Å²) in [6, 6.07) is 0. The summed E-state index contributed by atoms with van der Waals surface area (Å²) in [7, 11) is 0. The molecule has 4 aliphatic carbocycles. The molecule has 7 atom stereocenters. The number of allylic oxidation sites excluding steroid dienone is 2. The number of hydrogen-bond donors (Lipinski definition) is 1. The average Bonchev–Trinajstić information content (AvgIpc) is 2.95. The fourth-order valence-corrected chi connectivity index (χ4v) is 7.78. The normalized spacial score (nSPS) is 41.5. The van der Waals surface area contributed by atoms with E-state index in [-0.39, 0.29) is 22.7 Å². The Bertz CT molecular complexity index is 767. The molecule has 3 unspecified atom stereocenters.